The summed E-state index contributed by atoms with van der Waals surface area (Å²) in [4.78, 5) is 28.9. The molecule has 1 N–H and O–H groups in total. The second-order valence-electron chi connectivity index (χ2n) is 7.05. The summed E-state index contributed by atoms with van der Waals surface area (Å²) in [5.41, 5.74) is 3.51. The number of allylic oxidation sites excluding steroid dienone is 3. The molecule has 0 radical (unpaired) electrons. The molecular weight excluding hydrogens is 340 g/mol. The second-order valence-corrected chi connectivity index (χ2v) is 7.05. The topological polar surface area (TPSA) is 67.8 Å². The predicted octanol–water partition coefficient (Wildman–Crippen LogP) is 3.49. The van der Waals surface area contributed by atoms with Crippen LogP contribution in [0.25, 0.3) is 0 Å². The monoisotopic (exact) mass is 362 g/mol. The maximum Gasteiger partial charge on any atom is 0.286 e. The standard InChI is InChI=1S/C22H22N2O3/c1-14(27-16-7-3-2-4-8-16)21(25)23-15-11-12-18-17-9-5-6-10-19(17)22(26)24-20(18)13-15/h2-4,7-8,11-14,18H,5-6,9-10H2,1H3,(H,24,26). The zero-order valence-corrected chi connectivity index (χ0v) is 15.3. The van der Waals surface area contributed by atoms with Crippen LogP contribution in [0.4, 0.5) is 0 Å². The first kappa shape index (κ1) is 17.5. The Kier molecular flexibility index (Phi) is 4.75. The van der Waals surface area contributed by atoms with E-state index in [1.165, 1.54) is 5.57 Å². The van der Waals surface area contributed by atoms with Crippen molar-refractivity contribution in [1.82, 2.24) is 5.32 Å². The van der Waals surface area contributed by atoms with Crippen LogP contribution in [0.15, 0.2) is 70.4 Å². The Morgan fingerprint density at radius 1 is 1.22 bits per heavy atom. The van der Waals surface area contributed by atoms with Gasteiger partial charge >= 0.3 is 0 Å². The molecular formula is C22H22N2O3. The molecule has 0 spiro atoms. The lowest BCUT2D eigenvalue weighted by Gasteiger charge is -2.33. The van der Waals surface area contributed by atoms with Crippen molar-refractivity contribution < 1.29 is 14.3 Å². The lowest BCUT2D eigenvalue weighted by molar-refractivity contribution is -0.123. The van der Waals surface area contributed by atoms with Gasteiger partial charge in [-0.1, -0.05) is 24.3 Å². The van der Waals surface area contributed by atoms with Crippen molar-refractivity contribution in [3.8, 4) is 5.75 Å². The van der Waals surface area contributed by atoms with Crippen LogP contribution in [-0.4, -0.2) is 23.6 Å². The number of benzene rings is 1. The summed E-state index contributed by atoms with van der Waals surface area (Å²) in [7, 11) is 0. The van der Waals surface area contributed by atoms with Crippen LogP contribution in [-0.2, 0) is 9.59 Å². The van der Waals surface area contributed by atoms with Crippen molar-refractivity contribution >= 4 is 17.5 Å². The quantitative estimate of drug-likeness (QED) is 0.895. The lowest BCUT2D eigenvalue weighted by Crippen LogP contribution is -2.37. The molecule has 0 bridgehead atoms. The third-order valence-electron chi connectivity index (χ3n) is 5.16. The van der Waals surface area contributed by atoms with E-state index >= 15 is 0 Å². The number of ether oxygens (including phenoxy) is 1. The van der Waals surface area contributed by atoms with Crippen molar-refractivity contribution in [3.05, 3.63) is 65.4 Å². The molecule has 1 aromatic rings. The van der Waals surface area contributed by atoms with Crippen LogP contribution >= 0.6 is 0 Å². The van der Waals surface area contributed by atoms with Crippen LogP contribution in [0, 0.1) is 5.92 Å². The lowest BCUT2D eigenvalue weighted by atomic mass is 9.77. The third-order valence-corrected chi connectivity index (χ3v) is 5.16. The molecule has 0 saturated carbocycles. The number of para-hydroxylation sites is 1. The number of nitrogens with one attached hydrogen (secondary N) is 1. The summed E-state index contributed by atoms with van der Waals surface area (Å²) in [6.45, 7) is 1.68. The highest BCUT2D eigenvalue weighted by Crippen LogP contribution is 2.38. The van der Waals surface area contributed by atoms with Gasteiger partial charge in [-0.15, -0.1) is 0 Å². The maximum absolute atomic E-state index is 12.4. The molecule has 0 saturated heterocycles. The van der Waals surface area contributed by atoms with Crippen LogP contribution in [0.1, 0.15) is 32.6 Å². The molecule has 3 aliphatic rings. The number of fused-ring (bicyclic) bond motifs is 2. The largest absolute Gasteiger partial charge is 0.481 e. The number of amides is 2. The van der Waals surface area contributed by atoms with Crippen molar-refractivity contribution in [2.45, 2.75) is 38.7 Å². The number of hydrogen-bond acceptors (Lipinski definition) is 3. The number of hydrogen-bond donors (Lipinski definition) is 1. The van der Waals surface area contributed by atoms with Crippen molar-refractivity contribution in [2.24, 2.45) is 10.9 Å². The summed E-state index contributed by atoms with van der Waals surface area (Å²) in [5.74, 6) is 0.375. The van der Waals surface area contributed by atoms with Gasteiger partial charge in [-0.05, 0) is 62.5 Å². The predicted molar refractivity (Wildman–Crippen MR) is 103 cm³/mol. The van der Waals surface area contributed by atoms with Crippen LogP contribution in [0.2, 0.25) is 0 Å². The number of aliphatic imine (C=N–C) groups is 1. The van der Waals surface area contributed by atoms with E-state index in [9.17, 15) is 9.59 Å². The third kappa shape index (κ3) is 3.63. The summed E-state index contributed by atoms with van der Waals surface area (Å²) in [6, 6.07) is 9.20. The second kappa shape index (κ2) is 7.35. The fraction of sp³-hybridized carbons (Fsp3) is 0.318. The van der Waals surface area contributed by atoms with Gasteiger partial charge in [0.15, 0.2) is 6.10 Å². The fourth-order valence-electron chi connectivity index (χ4n) is 3.79. The Morgan fingerprint density at radius 3 is 2.81 bits per heavy atom. The molecule has 2 atom stereocenters. The van der Waals surface area contributed by atoms with E-state index in [2.05, 4.69) is 10.3 Å². The zero-order chi connectivity index (χ0) is 18.8. The van der Waals surface area contributed by atoms with E-state index in [1.54, 1.807) is 25.1 Å². The van der Waals surface area contributed by atoms with Gasteiger partial charge in [-0.3, -0.25) is 9.59 Å². The Labute approximate surface area is 158 Å². The molecule has 2 unspecified atom stereocenters. The fourth-order valence-corrected chi connectivity index (χ4v) is 3.79. The smallest absolute Gasteiger partial charge is 0.286 e. The Bertz CT molecular complexity index is 893. The molecule has 1 heterocycles. The highest BCUT2D eigenvalue weighted by Gasteiger charge is 2.33. The normalized spacial score (nSPS) is 23.9. The highest BCUT2D eigenvalue weighted by atomic mass is 16.5. The average Bonchev–Trinajstić information content (AvgIpc) is 2.69. The Balaban J connectivity index is 1.51. The molecule has 138 valence electrons. The molecule has 0 aromatic heterocycles. The number of carbonyl (C=O) groups excluding carboxylic acids is 2. The van der Waals surface area contributed by atoms with Gasteiger partial charge in [-0.25, -0.2) is 4.99 Å². The average molecular weight is 362 g/mol. The zero-order valence-electron chi connectivity index (χ0n) is 15.3. The van der Waals surface area contributed by atoms with E-state index < -0.39 is 6.10 Å². The molecule has 0 fully saturated rings. The van der Waals surface area contributed by atoms with Gasteiger partial charge in [0.1, 0.15) is 5.75 Å². The van der Waals surface area contributed by atoms with Gasteiger partial charge in [0.2, 0.25) is 0 Å². The van der Waals surface area contributed by atoms with Crippen LogP contribution < -0.4 is 10.1 Å². The first-order chi connectivity index (χ1) is 13.1. The van der Waals surface area contributed by atoms with E-state index in [1.807, 2.05) is 30.4 Å². The van der Waals surface area contributed by atoms with Crippen molar-refractivity contribution in [2.75, 3.05) is 0 Å². The van der Waals surface area contributed by atoms with Gasteiger partial charge in [0.25, 0.3) is 11.8 Å². The van der Waals surface area contributed by atoms with Gasteiger partial charge in [0.05, 0.1) is 5.71 Å². The molecule has 4 rings (SSSR count). The SMILES string of the molecule is CC(Oc1ccccc1)C(=O)N=C1C=CC2C(=C1)NC(=O)C1=C2CCCC1. The first-order valence-electron chi connectivity index (χ1n) is 9.39. The molecule has 5 heteroatoms. The molecule has 1 aromatic carbocycles. The number of nitrogens with zero attached hydrogens (tertiary/aromatic N) is 1. The van der Waals surface area contributed by atoms with E-state index in [4.69, 9.17) is 4.74 Å². The minimum atomic E-state index is -0.682. The molecule has 2 aliphatic carbocycles. The first-order valence-corrected chi connectivity index (χ1v) is 9.39. The number of rotatable bonds is 3. The minimum absolute atomic E-state index is 0.00560. The summed E-state index contributed by atoms with van der Waals surface area (Å²) in [6.07, 6.45) is 9.02. The van der Waals surface area contributed by atoms with E-state index in [0.717, 1.165) is 37.0 Å². The molecule has 27 heavy (non-hydrogen) atoms. The number of carbonyl (C=O) groups is 2. The van der Waals surface area contributed by atoms with Gasteiger partial charge < -0.3 is 10.1 Å². The highest BCUT2D eigenvalue weighted by molar-refractivity contribution is 6.12. The van der Waals surface area contributed by atoms with Gasteiger partial charge in [0, 0.05) is 17.2 Å². The molecule has 1 aliphatic heterocycles. The van der Waals surface area contributed by atoms with Crippen molar-refractivity contribution in [1.29, 1.82) is 0 Å². The van der Waals surface area contributed by atoms with E-state index in [0.29, 0.717) is 11.5 Å². The summed E-state index contributed by atoms with van der Waals surface area (Å²) in [5, 5.41) is 2.98. The van der Waals surface area contributed by atoms with E-state index in [-0.39, 0.29) is 17.7 Å². The summed E-state index contributed by atoms with van der Waals surface area (Å²) < 4.78 is 5.63. The maximum atomic E-state index is 12.4. The minimum Gasteiger partial charge on any atom is -0.481 e. The Morgan fingerprint density at radius 2 is 2.00 bits per heavy atom. The van der Waals surface area contributed by atoms with Gasteiger partial charge in [-0.2, -0.15) is 0 Å². The molecule has 5 nitrogen and oxygen atoms in total. The molecule has 2 amide bonds. The Hall–Kier alpha value is -2.95. The summed E-state index contributed by atoms with van der Waals surface area (Å²) >= 11 is 0. The van der Waals surface area contributed by atoms with Crippen LogP contribution in [0.3, 0.4) is 0 Å². The van der Waals surface area contributed by atoms with Crippen molar-refractivity contribution in [3.63, 3.8) is 0 Å². The van der Waals surface area contributed by atoms with Crippen LogP contribution in [0.5, 0.6) is 5.75 Å².